The zero-order valence-corrected chi connectivity index (χ0v) is 14.3. The van der Waals surface area contributed by atoms with Crippen molar-refractivity contribution in [3.05, 3.63) is 16.1 Å². The zero-order chi connectivity index (χ0) is 16.7. The van der Waals surface area contributed by atoms with Gasteiger partial charge in [0.1, 0.15) is 4.88 Å². The number of hydrogen-bond donors (Lipinski definition) is 1. The van der Waals surface area contributed by atoms with Crippen LogP contribution in [0.5, 0.6) is 0 Å². The van der Waals surface area contributed by atoms with Crippen molar-refractivity contribution in [2.45, 2.75) is 69.4 Å². The first-order valence-corrected chi connectivity index (χ1v) is 9.55. The largest absolute Gasteiger partial charge is 0.349 e. The Labute approximate surface area is 144 Å². The van der Waals surface area contributed by atoms with E-state index in [1.54, 1.807) is 6.20 Å². The number of carbonyl (C=O) groups excluding carboxylic acids is 3. The summed E-state index contributed by atoms with van der Waals surface area (Å²) < 4.78 is 0. The second-order valence-corrected chi connectivity index (χ2v) is 8.04. The van der Waals surface area contributed by atoms with Crippen molar-refractivity contribution < 1.29 is 14.4 Å². The van der Waals surface area contributed by atoms with Gasteiger partial charge in [-0.3, -0.25) is 19.3 Å². The maximum atomic E-state index is 12.4. The van der Waals surface area contributed by atoms with Crippen LogP contribution < -0.4 is 5.32 Å². The van der Waals surface area contributed by atoms with Crippen molar-refractivity contribution in [1.82, 2.24) is 15.2 Å². The van der Waals surface area contributed by atoms with Crippen LogP contribution in [0.4, 0.5) is 0 Å². The van der Waals surface area contributed by atoms with Crippen molar-refractivity contribution in [2.24, 2.45) is 0 Å². The summed E-state index contributed by atoms with van der Waals surface area (Å²) in [5, 5.41) is 4.16. The molecule has 128 valence electrons. The number of carbonyl (C=O) groups is 3. The van der Waals surface area contributed by atoms with E-state index < -0.39 is 0 Å². The van der Waals surface area contributed by atoms with Gasteiger partial charge in [0, 0.05) is 30.8 Å². The lowest BCUT2D eigenvalue weighted by Crippen LogP contribution is -2.45. The van der Waals surface area contributed by atoms with E-state index in [1.807, 2.05) is 0 Å². The van der Waals surface area contributed by atoms with Crippen molar-refractivity contribution in [2.75, 3.05) is 0 Å². The third kappa shape index (κ3) is 3.09. The van der Waals surface area contributed by atoms with Crippen LogP contribution in [0.15, 0.2) is 6.20 Å². The molecular weight excluding hydrogens is 326 g/mol. The van der Waals surface area contributed by atoms with Crippen molar-refractivity contribution in [3.8, 4) is 0 Å². The number of thiazole rings is 1. The minimum Gasteiger partial charge on any atom is -0.349 e. The molecule has 1 N–H and O–H groups in total. The summed E-state index contributed by atoms with van der Waals surface area (Å²) in [5.41, 5.74) is 0. The van der Waals surface area contributed by atoms with E-state index in [9.17, 15) is 14.4 Å². The summed E-state index contributed by atoms with van der Waals surface area (Å²) in [6, 6.07) is 0.138. The lowest BCUT2D eigenvalue weighted by Gasteiger charge is -2.33. The molecule has 0 radical (unpaired) electrons. The van der Waals surface area contributed by atoms with Crippen LogP contribution in [-0.4, -0.2) is 39.7 Å². The fraction of sp³-hybridized carbons (Fsp3) is 0.647. The number of imide groups is 1. The van der Waals surface area contributed by atoms with E-state index in [-0.39, 0.29) is 29.8 Å². The molecular formula is C17H21N3O3S. The Hall–Kier alpha value is -1.76. The van der Waals surface area contributed by atoms with Gasteiger partial charge in [0.25, 0.3) is 5.91 Å². The van der Waals surface area contributed by atoms with Gasteiger partial charge in [-0.2, -0.15) is 0 Å². The van der Waals surface area contributed by atoms with E-state index >= 15 is 0 Å². The van der Waals surface area contributed by atoms with Crippen molar-refractivity contribution in [3.63, 3.8) is 0 Å². The van der Waals surface area contributed by atoms with E-state index in [0.717, 1.165) is 30.7 Å². The molecule has 2 heterocycles. The summed E-state index contributed by atoms with van der Waals surface area (Å²) in [6.45, 7) is 0. The molecule has 0 bridgehead atoms. The number of amides is 3. The fourth-order valence-electron chi connectivity index (χ4n) is 3.65. The quantitative estimate of drug-likeness (QED) is 0.847. The Morgan fingerprint density at radius 3 is 2.38 bits per heavy atom. The van der Waals surface area contributed by atoms with Gasteiger partial charge in [-0.1, -0.05) is 0 Å². The molecule has 0 atom stereocenters. The molecule has 0 spiro atoms. The number of aromatic nitrogens is 1. The molecule has 2 saturated carbocycles. The van der Waals surface area contributed by atoms with Gasteiger partial charge in [-0.25, -0.2) is 4.98 Å². The van der Waals surface area contributed by atoms with Gasteiger partial charge in [0.15, 0.2) is 0 Å². The second kappa shape index (κ2) is 6.27. The molecule has 1 aromatic heterocycles. The Bertz CT molecular complexity index is 658. The van der Waals surface area contributed by atoms with Gasteiger partial charge < -0.3 is 5.32 Å². The van der Waals surface area contributed by atoms with Gasteiger partial charge in [0.05, 0.1) is 11.2 Å². The third-order valence-electron chi connectivity index (χ3n) is 5.16. The van der Waals surface area contributed by atoms with E-state index in [4.69, 9.17) is 0 Å². The summed E-state index contributed by atoms with van der Waals surface area (Å²) in [4.78, 5) is 42.5. The highest BCUT2D eigenvalue weighted by Gasteiger charge is 2.37. The summed E-state index contributed by atoms with van der Waals surface area (Å²) >= 11 is 1.50. The van der Waals surface area contributed by atoms with Gasteiger partial charge in [-0.15, -0.1) is 11.3 Å². The summed E-state index contributed by atoms with van der Waals surface area (Å²) in [6.07, 6.45) is 7.93. The molecule has 0 aromatic carbocycles. The lowest BCUT2D eigenvalue weighted by atomic mass is 9.90. The average Bonchev–Trinajstić information content (AvgIpc) is 3.21. The number of likely N-dealkylation sites (tertiary alicyclic amines) is 1. The molecule has 1 aliphatic heterocycles. The predicted octanol–water partition coefficient (Wildman–Crippen LogP) is 2.21. The topological polar surface area (TPSA) is 79.4 Å². The first kappa shape index (κ1) is 15.7. The Morgan fingerprint density at radius 2 is 1.75 bits per heavy atom. The van der Waals surface area contributed by atoms with Crippen LogP contribution >= 0.6 is 11.3 Å². The van der Waals surface area contributed by atoms with Gasteiger partial charge in [-0.05, 0) is 38.5 Å². The highest BCUT2D eigenvalue weighted by atomic mass is 32.1. The Kier molecular flexibility index (Phi) is 4.12. The molecule has 6 nitrogen and oxygen atoms in total. The van der Waals surface area contributed by atoms with E-state index in [2.05, 4.69) is 10.3 Å². The molecule has 3 fully saturated rings. The highest BCUT2D eigenvalue weighted by Crippen LogP contribution is 2.41. The minimum atomic E-state index is -0.0452. The third-order valence-corrected chi connectivity index (χ3v) is 6.32. The first-order chi connectivity index (χ1) is 11.6. The number of nitrogens with zero attached hydrogens (tertiary/aromatic N) is 2. The highest BCUT2D eigenvalue weighted by molar-refractivity contribution is 7.13. The number of rotatable bonds is 4. The van der Waals surface area contributed by atoms with E-state index in [1.165, 1.54) is 29.1 Å². The Balaban J connectivity index is 1.30. The summed E-state index contributed by atoms with van der Waals surface area (Å²) in [5.74, 6) is 0.452. The fourth-order valence-corrected chi connectivity index (χ4v) is 4.64. The van der Waals surface area contributed by atoms with Crippen LogP contribution in [0.25, 0.3) is 0 Å². The molecule has 1 aromatic rings. The molecule has 24 heavy (non-hydrogen) atoms. The number of nitrogens with one attached hydrogen (secondary N) is 1. The monoisotopic (exact) mass is 347 g/mol. The normalized spacial score (nSPS) is 27.6. The standard InChI is InChI=1S/C17H21N3O3S/c21-14-7-8-15(22)20(14)12-5-3-11(4-6-12)19-16(23)13-9-18-17(24-13)10-1-2-10/h9-12H,1-8H2,(H,19,23). The molecule has 2 aliphatic carbocycles. The smallest absolute Gasteiger partial charge is 0.263 e. The Morgan fingerprint density at radius 1 is 1.08 bits per heavy atom. The predicted molar refractivity (Wildman–Crippen MR) is 88.7 cm³/mol. The van der Waals surface area contributed by atoms with E-state index in [0.29, 0.717) is 23.6 Å². The van der Waals surface area contributed by atoms with Crippen LogP contribution in [0.3, 0.4) is 0 Å². The van der Waals surface area contributed by atoms with Crippen LogP contribution in [-0.2, 0) is 9.59 Å². The van der Waals surface area contributed by atoms with Gasteiger partial charge in [0.2, 0.25) is 11.8 Å². The second-order valence-electron chi connectivity index (χ2n) is 6.97. The molecule has 0 unspecified atom stereocenters. The first-order valence-electron chi connectivity index (χ1n) is 8.73. The number of hydrogen-bond acceptors (Lipinski definition) is 5. The van der Waals surface area contributed by atoms with Crippen LogP contribution in [0.2, 0.25) is 0 Å². The van der Waals surface area contributed by atoms with Gasteiger partial charge >= 0.3 is 0 Å². The molecule has 7 heteroatoms. The molecule has 4 rings (SSSR count). The van der Waals surface area contributed by atoms with Crippen LogP contribution in [0.1, 0.15) is 72.0 Å². The molecule has 3 amide bonds. The zero-order valence-electron chi connectivity index (χ0n) is 13.5. The molecule has 3 aliphatic rings. The van der Waals surface area contributed by atoms with Crippen molar-refractivity contribution in [1.29, 1.82) is 0 Å². The average molecular weight is 347 g/mol. The van der Waals surface area contributed by atoms with Crippen LogP contribution in [0, 0.1) is 0 Å². The maximum absolute atomic E-state index is 12.4. The summed E-state index contributed by atoms with van der Waals surface area (Å²) in [7, 11) is 0. The minimum absolute atomic E-state index is 0.0190. The molecule has 1 saturated heterocycles. The maximum Gasteiger partial charge on any atom is 0.263 e. The lowest BCUT2D eigenvalue weighted by molar-refractivity contribution is -0.141. The SMILES string of the molecule is O=C(NC1CCC(N2C(=O)CCC2=O)CC1)c1cnc(C2CC2)s1. The van der Waals surface area contributed by atoms with Crippen molar-refractivity contribution >= 4 is 29.1 Å².